The molecule has 0 radical (unpaired) electrons. The molecular formula is C54H86O6. The molecule has 60 heavy (non-hydrogen) atoms. The topological polar surface area (TPSA) is 78.9 Å². The molecule has 338 valence electrons. The maximum absolute atomic E-state index is 12.7. The first kappa shape index (κ1) is 56.1. The first-order valence-corrected chi connectivity index (χ1v) is 23.9. The van der Waals surface area contributed by atoms with Gasteiger partial charge >= 0.3 is 17.9 Å². The molecule has 0 amide bonds. The minimum atomic E-state index is -0.834. The molecule has 6 nitrogen and oxygen atoms in total. The predicted molar refractivity (Wildman–Crippen MR) is 256 cm³/mol. The van der Waals surface area contributed by atoms with Crippen LogP contribution in [0.2, 0.25) is 0 Å². The van der Waals surface area contributed by atoms with Gasteiger partial charge in [-0.1, -0.05) is 182 Å². The van der Waals surface area contributed by atoms with Crippen molar-refractivity contribution in [3.63, 3.8) is 0 Å². The van der Waals surface area contributed by atoms with Crippen molar-refractivity contribution in [2.45, 2.75) is 200 Å². The van der Waals surface area contributed by atoms with Gasteiger partial charge in [0.2, 0.25) is 0 Å². The van der Waals surface area contributed by atoms with E-state index in [0.29, 0.717) is 12.8 Å². The normalized spacial score (nSPS) is 13.1. The lowest BCUT2D eigenvalue weighted by molar-refractivity contribution is -0.166. The van der Waals surface area contributed by atoms with E-state index < -0.39 is 12.1 Å². The van der Waals surface area contributed by atoms with Gasteiger partial charge in [-0.05, 0) is 103 Å². The summed E-state index contributed by atoms with van der Waals surface area (Å²) in [6, 6.07) is 0. The van der Waals surface area contributed by atoms with Gasteiger partial charge in [0.05, 0.1) is 6.42 Å². The summed E-state index contributed by atoms with van der Waals surface area (Å²) < 4.78 is 16.6. The van der Waals surface area contributed by atoms with Crippen LogP contribution in [-0.2, 0) is 28.6 Å². The molecule has 0 aliphatic heterocycles. The summed E-state index contributed by atoms with van der Waals surface area (Å²) >= 11 is 0. The van der Waals surface area contributed by atoms with Gasteiger partial charge in [-0.2, -0.15) is 0 Å². The van der Waals surface area contributed by atoms with Crippen molar-refractivity contribution >= 4 is 17.9 Å². The van der Waals surface area contributed by atoms with Crippen LogP contribution in [0.1, 0.15) is 194 Å². The Morgan fingerprint density at radius 2 is 0.717 bits per heavy atom. The SMILES string of the molecule is CC/C=C\C/C=C\C/C=C\C/C=C\CCCCCC(=O)OC(COC(=O)C/C=C\C/C=C\C/C=C\CC)COC(=O)CCCCCCCCC/C=C\C/C=C\CCCCC. The van der Waals surface area contributed by atoms with Crippen LogP contribution < -0.4 is 0 Å². The maximum Gasteiger partial charge on any atom is 0.309 e. The lowest BCUT2D eigenvalue weighted by atomic mass is 10.1. The van der Waals surface area contributed by atoms with Crippen LogP contribution in [0.15, 0.2) is 109 Å². The number of allylic oxidation sites excluding steroid dienone is 17. The minimum absolute atomic E-state index is 0.123. The fourth-order valence-corrected chi connectivity index (χ4v) is 5.99. The fraction of sp³-hybridized carbons (Fsp3) is 0.611. The zero-order chi connectivity index (χ0) is 43.7. The van der Waals surface area contributed by atoms with Crippen molar-refractivity contribution < 1.29 is 28.6 Å². The highest BCUT2D eigenvalue weighted by Gasteiger charge is 2.19. The van der Waals surface area contributed by atoms with Crippen molar-refractivity contribution in [2.24, 2.45) is 0 Å². The summed E-state index contributed by atoms with van der Waals surface area (Å²) in [6.07, 6.45) is 63.9. The minimum Gasteiger partial charge on any atom is -0.462 e. The third kappa shape index (κ3) is 45.2. The van der Waals surface area contributed by atoms with Gasteiger partial charge in [0.15, 0.2) is 6.10 Å². The number of carbonyl (C=O) groups excluding carboxylic acids is 3. The molecule has 0 fully saturated rings. The maximum atomic E-state index is 12.7. The van der Waals surface area contributed by atoms with Crippen molar-refractivity contribution in [3.05, 3.63) is 109 Å². The van der Waals surface area contributed by atoms with Crippen LogP contribution in [0.4, 0.5) is 0 Å². The van der Waals surface area contributed by atoms with Crippen molar-refractivity contribution in [2.75, 3.05) is 13.2 Å². The zero-order valence-electron chi connectivity index (χ0n) is 38.4. The Kier molecular flexibility index (Phi) is 44.6. The number of rotatable bonds is 41. The van der Waals surface area contributed by atoms with Gasteiger partial charge in [0.1, 0.15) is 13.2 Å². The molecule has 0 heterocycles. The third-order valence-corrected chi connectivity index (χ3v) is 9.53. The number of carbonyl (C=O) groups is 3. The van der Waals surface area contributed by atoms with Crippen LogP contribution >= 0.6 is 0 Å². The Hall–Kier alpha value is -3.93. The monoisotopic (exact) mass is 831 g/mol. The molecule has 1 atom stereocenters. The Labute approximate surface area is 368 Å². The molecule has 0 bridgehead atoms. The molecule has 0 aromatic carbocycles. The quantitative estimate of drug-likeness (QED) is 0.0264. The van der Waals surface area contributed by atoms with Gasteiger partial charge < -0.3 is 14.2 Å². The Morgan fingerprint density at radius 3 is 1.18 bits per heavy atom. The van der Waals surface area contributed by atoms with E-state index in [0.717, 1.165) is 96.3 Å². The second-order valence-corrected chi connectivity index (χ2v) is 15.3. The lowest BCUT2D eigenvalue weighted by Crippen LogP contribution is -2.30. The second kappa shape index (κ2) is 47.7. The Morgan fingerprint density at radius 1 is 0.367 bits per heavy atom. The van der Waals surface area contributed by atoms with Crippen LogP contribution in [-0.4, -0.2) is 37.2 Å². The number of hydrogen-bond donors (Lipinski definition) is 0. The van der Waals surface area contributed by atoms with E-state index in [1.807, 2.05) is 6.08 Å². The van der Waals surface area contributed by atoms with Crippen LogP contribution in [0, 0.1) is 0 Å². The molecule has 0 N–H and O–H groups in total. The predicted octanol–water partition coefficient (Wildman–Crippen LogP) is 15.6. The summed E-state index contributed by atoms with van der Waals surface area (Å²) in [5, 5.41) is 0. The summed E-state index contributed by atoms with van der Waals surface area (Å²) in [6.45, 7) is 6.22. The molecule has 6 heteroatoms. The molecule has 0 rings (SSSR count). The van der Waals surface area contributed by atoms with E-state index in [1.54, 1.807) is 6.08 Å². The first-order valence-electron chi connectivity index (χ1n) is 23.9. The molecule has 0 aliphatic carbocycles. The molecule has 0 saturated carbocycles. The summed E-state index contributed by atoms with van der Waals surface area (Å²) in [5.41, 5.74) is 0. The molecule has 0 aromatic heterocycles. The van der Waals surface area contributed by atoms with Gasteiger partial charge in [-0.15, -0.1) is 0 Å². The van der Waals surface area contributed by atoms with E-state index in [2.05, 4.69) is 118 Å². The highest BCUT2D eigenvalue weighted by atomic mass is 16.6. The summed E-state index contributed by atoms with van der Waals surface area (Å²) in [7, 11) is 0. The van der Waals surface area contributed by atoms with Crippen molar-refractivity contribution in [1.29, 1.82) is 0 Å². The first-order chi connectivity index (χ1) is 29.5. The van der Waals surface area contributed by atoms with Gasteiger partial charge in [-0.3, -0.25) is 14.4 Å². The lowest BCUT2D eigenvalue weighted by Gasteiger charge is -2.18. The smallest absolute Gasteiger partial charge is 0.309 e. The number of hydrogen-bond acceptors (Lipinski definition) is 6. The molecule has 1 unspecified atom stereocenters. The van der Waals surface area contributed by atoms with E-state index in [4.69, 9.17) is 14.2 Å². The number of unbranched alkanes of at least 4 members (excludes halogenated alkanes) is 13. The van der Waals surface area contributed by atoms with Crippen LogP contribution in [0.3, 0.4) is 0 Å². The van der Waals surface area contributed by atoms with Crippen LogP contribution in [0.5, 0.6) is 0 Å². The van der Waals surface area contributed by atoms with Crippen LogP contribution in [0.25, 0.3) is 0 Å². The number of ether oxygens (including phenoxy) is 3. The Bertz CT molecular complexity index is 1280. The third-order valence-electron chi connectivity index (χ3n) is 9.53. The average Bonchev–Trinajstić information content (AvgIpc) is 3.24. The molecule has 0 aliphatic rings. The van der Waals surface area contributed by atoms with Crippen molar-refractivity contribution in [1.82, 2.24) is 0 Å². The molecule has 0 aromatic rings. The molecular weight excluding hydrogens is 745 g/mol. The zero-order valence-corrected chi connectivity index (χ0v) is 38.4. The van der Waals surface area contributed by atoms with Gasteiger partial charge in [0, 0.05) is 12.8 Å². The van der Waals surface area contributed by atoms with Gasteiger partial charge in [-0.25, -0.2) is 0 Å². The van der Waals surface area contributed by atoms with E-state index in [9.17, 15) is 14.4 Å². The highest BCUT2D eigenvalue weighted by Crippen LogP contribution is 2.12. The average molecular weight is 831 g/mol. The Balaban J connectivity index is 4.48. The van der Waals surface area contributed by atoms with Crippen molar-refractivity contribution in [3.8, 4) is 0 Å². The van der Waals surface area contributed by atoms with E-state index in [1.165, 1.54) is 51.4 Å². The fourth-order valence-electron chi connectivity index (χ4n) is 5.99. The van der Waals surface area contributed by atoms with E-state index in [-0.39, 0.29) is 38.0 Å². The summed E-state index contributed by atoms with van der Waals surface area (Å²) in [4.78, 5) is 37.7. The van der Waals surface area contributed by atoms with Gasteiger partial charge in [0.25, 0.3) is 0 Å². The second-order valence-electron chi connectivity index (χ2n) is 15.3. The molecule has 0 spiro atoms. The highest BCUT2D eigenvalue weighted by molar-refractivity contribution is 5.72. The number of esters is 3. The molecule has 0 saturated heterocycles. The summed E-state index contributed by atoms with van der Waals surface area (Å²) in [5.74, 6) is -1.10. The largest absolute Gasteiger partial charge is 0.462 e. The standard InChI is InChI=1S/C54H86O6/c1-4-7-10-13-16-19-21-23-25-27-29-30-32-35-38-41-44-47-53(56)59-50-51(49-58-52(55)46-43-40-37-34-18-15-12-9-6-3)60-54(57)48-45-42-39-36-33-31-28-26-24-22-20-17-14-11-8-5-2/h8-9,11-12,16-20,23-26,31,33-34,40,43,51H,4-7,10,13-15,21-22,27-30,32,35-39,41-42,44-50H2,1-3H3/b11-8-,12-9-,19-16-,20-17-,25-23-,26-24-,33-31-,34-18-,43-40-. The van der Waals surface area contributed by atoms with E-state index >= 15 is 0 Å².